The van der Waals surface area contributed by atoms with Crippen LogP contribution in [0.1, 0.15) is 26.4 Å². The lowest BCUT2D eigenvalue weighted by Crippen LogP contribution is -2.42. The van der Waals surface area contributed by atoms with Crippen LogP contribution in [0, 0.1) is 5.82 Å². The van der Waals surface area contributed by atoms with Gasteiger partial charge in [-0.05, 0) is 6.07 Å². The molecule has 0 radical (unpaired) electrons. The molecule has 0 atom stereocenters. The lowest BCUT2D eigenvalue weighted by molar-refractivity contribution is 0.0680. The number of halogens is 2. The van der Waals surface area contributed by atoms with Crippen LogP contribution in [0.2, 0.25) is 5.02 Å². The number of amides is 2. The number of aromatic hydroxyl groups is 1. The van der Waals surface area contributed by atoms with Crippen molar-refractivity contribution < 1.29 is 19.1 Å². The average Bonchev–Trinajstić information content (AvgIpc) is 2.63. The van der Waals surface area contributed by atoms with E-state index < -0.39 is 28.8 Å². The molecule has 3 rings (SSSR count). The van der Waals surface area contributed by atoms with Crippen LogP contribution >= 0.6 is 11.6 Å². The Morgan fingerprint density at radius 1 is 1.35 bits per heavy atom. The second-order valence-corrected chi connectivity index (χ2v) is 6.19. The average molecular weight is 380 g/mol. The van der Waals surface area contributed by atoms with E-state index in [1.807, 2.05) is 0 Å². The Balaban J connectivity index is 1.98. The summed E-state index contributed by atoms with van der Waals surface area (Å²) in [6, 6.07) is 4.48. The van der Waals surface area contributed by atoms with Crippen LogP contribution in [0.5, 0.6) is 5.75 Å². The van der Waals surface area contributed by atoms with Crippen molar-refractivity contribution >= 4 is 23.4 Å². The van der Waals surface area contributed by atoms with Crippen molar-refractivity contribution in [2.24, 2.45) is 0 Å². The molecule has 136 valence electrons. The van der Waals surface area contributed by atoms with Gasteiger partial charge in [0, 0.05) is 38.4 Å². The molecule has 2 aromatic rings. The summed E-state index contributed by atoms with van der Waals surface area (Å²) >= 11 is 5.75. The van der Waals surface area contributed by atoms with E-state index in [2.05, 4.69) is 5.32 Å². The van der Waals surface area contributed by atoms with Gasteiger partial charge in [-0.25, -0.2) is 4.39 Å². The van der Waals surface area contributed by atoms with Gasteiger partial charge in [-0.15, -0.1) is 0 Å². The summed E-state index contributed by atoms with van der Waals surface area (Å²) in [5.41, 5.74) is -1.19. The fourth-order valence-corrected chi connectivity index (χ4v) is 3.05. The molecule has 0 saturated heterocycles. The Kier molecular flexibility index (Phi) is 4.69. The highest BCUT2D eigenvalue weighted by atomic mass is 35.5. The number of carbonyl (C=O) groups is 2. The predicted octanol–water partition coefficient (Wildman–Crippen LogP) is 1.36. The lowest BCUT2D eigenvalue weighted by Gasteiger charge is -2.30. The molecule has 2 heterocycles. The van der Waals surface area contributed by atoms with E-state index in [4.69, 9.17) is 11.6 Å². The number of nitrogens with one attached hydrogen (secondary N) is 1. The van der Waals surface area contributed by atoms with E-state index in [-0.39, 0.29) is 41.5 Å². The van der Waals surface area contributed by atoms with Gasteiger partial charge in [0.1, 0.15) is 11.4 Å². The Labute approximate surface area is 152 Å². The smallest absolute Gasteiger partial charge is 0.274 e. The summed E-state index contributed by atoms with van der Waals surface area (Å²) in [5.74, 6) is -2.71. The molecule has 0 saturated carbocycles. The second kappa shape index (κ2) is 6.80. The zero-order valence-electron chi connectivity index (χ0n) is 13.8. The van der Waals surface area contributed by atoms with Gasteiger partial charge >= 0.3 is 0 Å². The number of hydrogen-bond acceptors (Lipinski definition) is 4. The van der Waals surface area contributed by atoms with Crippen molar-refractivity contribution in [2.75, 3.05) is 13.6 Å². The fourth-order valence-electron chi connectivity index (χ4n) is 2.85. The van der Waals surface area contributed by atoms with Gasteiger partial charge in [0.15, 0.2) is 11.4 Å². The Bertz CT molecular complexity index is 973. The molecule has 1 aliphatic heterocycles. The number of carbonyl (C=O) groups excluding carboxylic acids is 2. The van der Waals surface area contributed by atoms with E-state index in [0.717, 1.165) is 0 Å². The highest BCUT2D eigenvalue weighted by molar-refractivity contribution is 6.30. The Hall–Kier alpha value is -2.87. The molecule has 26 heavy (non-hydrogen) atoms. The van der Waals surface area contributed by atoms with Crippen LogP contribution in [0.4, 0.5) is 4.39 Å². The van der Waals surface area contributed by atoms with Crippen molar-refractivity contribution in [3.05, 3.63) is 62.3 Å². The van der Waals surface area contributed by atoms with Crippen LogP contribution in [-0.2, 0) is 13.1 Å². The Morgan fingerprint density at radius 3 is 2.77 bits per heavy atom. The van der Waals surface area contributed by atoms with E-state index in [1.54, 1.807) is 6.07 Å². The number of pyridine rings is 1. The van der Waals surface area contributed by atoms with Gasteiger partial charge in [-0.3, -0.25) is 14.4 Å². The maximum atomic E-state index is 14.1. The molecule has 7 nitrogen and oxygen atoms in total. The second-order valence-electron chi connectivity index (χ2n) is 5.78. The standard InChI is InChI=1S/C17H15ClFN3O4/c1-20-16(25)10-8-21-5-6-22(17(26)13(21)15(24)14(10)23)7-9-3-2-4-11(18)12(9)19/h2-4,8,24H,5-7H2,1H3,(H,20,25). The van der Waals surface area contributed by atoms with Crippen LogP contribution < -0.4 is 10.7 Å². The summed E-state index contributed by atoms with van der Waals surface area (Å²) < 4.78 is 15.4. The van der Waals surface area contributed by atoms with Crippen LogP contribution in [0.3, 0.4) is 0 Å². The third-order valence-corrected chi connectivity index (χ3v) is 4.51. The van der Waals surface area contributed by atoms with Gasteiger partial charge in [-0.1, -0.05) is 23.7 Å². The highest BCUT2D eigenvalue weighted by Crippen LogP contribution is 2.24. The van der Waals surface area contributed by atoms with Gasteiger partial charge < -0.3 is 19.9 Å². The summed E-state index contributed by atoms with van der Waals surface area (Å²) in [5, 5.41) is 12.4. The first-order valence-electron chi connectivity index (χ1n) is 7.75. The van der Waals surface area contributed by atoms with E-state index >= 15 is 0 Å². The van der Waals surface area contributed by atoms with Gasteiger partial charge in [0.05, 0.1) is 5.02 Å². The number of fused-ring (bicyclic) bond motifs is 1. The fraction of sp³-hybridized carbons (Fsp3) is 0.235. The normalized spacial score (nSPS) is 13.5. The molecule has 1 aromatic heterocycles. The van der Waals surface area contributed by atoms with Crippen LogP contribution in [0.25, 0.3) is 0 Å². The molecule has 0 bridgehead atoms. The minimum absolute atomic E-state index is 0.0540. The predicted molar refractivity (Wildman–Crippen MR) is 91.9 cm³/mol. The summed E-state index contributed by atoms with van der Waals surface area (Å²) in [6.07, 6.45) is 1.24. The molecular weight excluding hydrogens is 365 g/mol. The first-order chi connectivity index (χ1) is 12.3. The minimum atomic E-state index is -0.931. The number of nitrogens with zero attached hydrogens (tertiary/aromatic N) is 2. The summed E-state index contributed by atoms with van der Waals surface area (Å²) in [4.78, 5) is 37.9. The molecule has 2 amide bonds. The van der Waals surface area contributed by atoms with Crippen LogP contribution in [-0.4, -0.2) is 40.0 Å². The monoisotopic (exact) mass is 379 g/mol. The first kappa shape index (κ1) is 17.9. The molecular formula is C17H15ClFN3O4. The molecule has 0 fully saturated rings. The highest BCUT2D eigenvalue weighted by Gasteiger charge is 2.31. The molecule has 9 heteroatoms. The third-order valence-electron chi connectivity index (χ3n) is 4.22. The molecule has 2 N–H and O–H groups in total. The number of hydrogen-bond donors (Lipinski definition) is 2. The maximum absolute atomic E-state index is 14.1. The van der Waals surface area contributed by atoms with Crippen LogP contribution in [0.15, 0.2) is 29.2 Å². The molecule has 1 aromatic carbocycles. The third kappa shape index (κ3) is 2.92. The quantitative estimate of drug-likeness (QED) is 0.842. The SMILES string of the molecule is CNC(=O)c1cn2c(c(O)c1=O)C(=O)N(Cc1cccc(Cl)c1F)CC2. The van der Waals surface area contributed by atoms with Crippen molar-refractivity contribution in [3.63, 3.8) is 0 Å². The van der Waals surface area contributed by atoms with Crippen molar-refractivity contribution in [1.29, 1.82) is 0 Å². The van der Waals surface area contributed by atoms with Gasteiger partial charge in [0.25, 0.3) is 11.8 Å². The largest absolute Gasteiger partial charge is 0.503 e. The lowest BCUT2D eigenvalue weighted by atomic mass is 10.1. The molecule has 0 spiro atoms. The zero-order valence-corrected chi connectivity index (χ0v) is 14.5. The van der Waals surface area contributed by atoms with Gasteiger partial charge in [-0.2, -0.15) is 0 Å². The van der Waals surface area contributed by atoms with Crippen molar-refractivity contribution in [3.8, 4) is 5.75 Å². The molecule has 0 aliphatic carbocycles. The molecule has 0 unspecified atom stereocenters. The van der Waals surface area contributed by atoms with E-state index in [1.165, 1.54) is 34.8 Å². The summed E-state index contributed by atoms with van der Waals surface area (Å²) in [6.45, 7) is 0.393. The minimum Gasteiger partial charge on any atom is -0.503 e. The van der Waals surface area contributed by atoms with E-state index in [9.17, 15) is 23.9 Å². The van der Waals surface area contributed by atoms with Gasteiger partial charge in [0.2, 0.25) is 5.43 Å². The number of rotatable bonds is 3. The number of benzene rings is 1. The zero-order chi connectivity index (χ0) is 19.0. The topological polar surface area (TPSA) is 91.6 Å². The van der Waals surface area contributed by atoms with Crippen molar-refractivity contribution in [1.82, 2.24) is 14.8 Å². The Morgan fingerprint density at radius 2 is 2.08 bits per heavy atom. The van der Waals surface area contributed by atoms with Crippen molar-refractivity contribution in [2.45, 2.75) is 13.1 Å². The number of aromatic nitrogens is 1. The summed E-state index contributed by atoms with van der Waals surface area (Å²) in [7, 11) is 1.36. The molecule has 1 aliphatic rings. The van der Waals surface area contributed by atoms with E-state index in [0.29, 0.717) is 0 Å². The first-order valence-corrected chi connectivity index (χ1v) is 8.13. The maximum Gasteiger partial charge on any atom is 0.274 e.